The number of fused-ring (bicyclic) bond motifs is 15. The number of rotatable bonds is 8. The zero-order chi connectivity index (χ0) is 48.8. The highest BCUT2D eigenvalue weighted by atomic mass is 15.2. The van der Waals surface area contributed by atoms with Gasteiger partial charge >= 0.3 is 0 Å². The molecule has 12 aromatic rings. The van der Waals surface area contributed by atoms with Crippen LogP contribution in [0.3, 0.4) is 0 Å². The molecular formula is C72H48N2. The first-order chi connectivity index (χ1) is 36.8. The molecule has 0 aliphatic heterocycles. The number of benzene rings is 12. The molecule has 1 atom stereocenters. The van der Waals surface area contributed by atoms with E-state index in [2.05, 4.69) is 301 Å². The number of nitrogens with zero attached hydrogens (tertiary/aromatic N) is 2. The van der Waals surface area contributed by atoms with Crippen LogP contribution in [-0.2, 0) is 10.8 Å². The van der Waals surface area contributed by atoms with Crippen LogP contribution in [0.25, 0.3) is 44.2 Å². The third-order valence-corrected chi connectivity index (χ3v) is 16.3. The Morgan fingerprint density at radius 2 is 0.676 bits per heavy atom. The molecule has 1 spiro atoms. The molecular weight excluding hydrogens is 893 g/mol. The van der Waals surface area contributed by atoms with Gasteiger partial charge in [-0.15, -0.1) is 0 Å². The molecule has 15 rings (SSSR count). The van der Waals surface area contributed by atoms with Crippen LogP contribution in [-0.4, -0.2) is 0 Å². The molecule has 346 valence electrons. The van der Waals surface area contributed by atoms with Crippen molar-refractivity contribution >= 4 is 44.9 Å². The van der Waals surface area contributed by atoms with Crippen LogP contribution in [0.4, 0.5) is 34.1 Å². The Morgan fingerprint density at radius 3 is 1.27 bits per heavy atom. The predicted molar refractivity (Wildman–Crippen MR) is 307 cm³/mol. The molecule has 0 aromatic heterocycles. The van der Waals surface area contributed by atoms with Crippen molar-refractivity contribution in [1.82, 2.24) is 0 Å². The van der Waals surface area contributed by atoms with Crippen LogP contribution in [0.2, 0.25) is 0 Å². The molecule has 0 saturated carbocycles. The van der Waals surface area contributed by atoms with Gasteiger partial charge in [-0.2, -0.15) is 0 Å². The topological polar surface area (TPSA) is 6.48 Å². The quantitative estimate of drug-likeness (QED) is 0.150. The average Bonchev–Trinajstić information content (AvgIpc) is 4.20. The van der Waals surface area contributed by atoms with Gasteiger partial charge in [0.25, 0.3) is 0 Å². The lowest BCUT2D eigenvalue weighted by molar-refractivity contribution is 0.767. The molecule has 0 heterocycles. The smallest absolute Gasteiger partial charge is 0.0747 e. The second kappa shape index (κ2) is 16.5. The molecule has 3 aliphatic carbocycles. The molecule has 2 heteroatoms. The van der Waals surface area contributed by atoms with E-state index in [0.29, 0.717) is 0 Å². The minimum Gasteiger partial charge on any atom is -0.310 e. The minimum absolute atomic E-state index is 0.621. The molecule has 3 aliphatic rings. The van der Waals surface area contributed by atoms with E-state index in [1.807, 2.05) is 0 Å². The van der Waals surface area contributed by atoms with Crippen molar-refractivity contribution in [3.05, 3.63) is 336 Å². The predicted octanol–water partition coefficient (Wildman–Crippen LogP) is 18.5. The van der Waals surface area contributed by atoms with E-state index in [1.54, 1.807) is 0 Å². The van der Waals surface area contributed by atoms with Gasteiger partial charge in [-0.25, -0.2) is 0 Å². The second-order valence-electron chi connectivity index (χ2n) is 19.8. The SMILES string of the molecule is c1ccc(N(c2ccc3c(c2)C2(c4ccccc4-3)c3ccccc3-c3c2c(N(c2ccccc2)c2ccccc2)cc2ccccc32)c2cccc3c2C(c2ccccc2)(c2ccccc2)c2ccccc2-3)cc1. The van der Waals surface area contributed by atoms with Crippen LogP contribution in [0.1, 0.15) is 44.5 Å². The summed E-state index contributed by atoms with van der Waals surface area (Å²) in [5.74, 6) is 0. The molecule has 0 N–H and O–H groups in total. The van der Waals surface area contributed by atoms with Crippen molar-refractivity contribution in [2.45, 2.75) is 10.8 Å². The van der Waals surface area contributed by atoms with E-state index in [1.165, 1.54) is 88.7 Å². The third kappa shape index (κ3) is 5.82. The molecule has 0 radical (unpaired) electrons. The van der Waals surface area contributed by atoms with Gasteiger partial charge in [0.15, 0.2) is 0 Å². The Balaban J connectivity index is 1.06. The fourth-order valence-electron chi connectivity index (χ4n) is 13.6. The highest BCUT2D eigenvalue weighted by Crippen LogP contribution is 2.68. The van der Waals surface area contributed by atoms with Crippen molar-refractivity contribution < 1.29 is 0 Å². The highest BCUT2D eigenvalue weighted by molar-refractivity contribution is 6.11. The largest absolute Gasteiger partial charge is 0.310 e. The fraction of sp³-hybridized carbons (Fsp3) is 0.0278. The van der Waals surface area contributed by atoms with Crippen molar-refractivity contribution in [3.63, 3.8) is 0 Å². The molecule has 0 saturated heterocycles. The van der Waals surface area contributed by atoms with Gasteiger partial charge in [-0.05, 0) is 138 Å². The van der Waals surface area contributed by atoms with Gasteiger partial charge in [0.1, 0.15) is 0 Å². The zero-order valence-corrected chi connectivity index (χ0v) is 40.6. The first-order valence-corrected chi connectivity index (χ1v) is 25.8. The summed E-state index contributed by atoms with van der Waals surface area (Å²) >= 11 is 0. The van der Waals surface area contributed by atoms with Gasteiger partial charge in [0.05, 0.1) is 22.2 Å². The summed E-state index contributed by atoms with van der Waals surface area (Å²) in [5.41, 5.74) is 23.1. The summed E-state index contributed by atoms with van der Waals surface area (Å²) in [7, 11) is 0. The third-order valence-electron chi connectivity index (χ3n) is 16.3. The maximum absolute atomic E-state index is 2.55. The van der Waals surface area contributed by atoms with E-state index in [9.17, 15) is 0 Å². The molecule has 0 bridgehead atoms. The van der Waals surface area contributed by atoms with Crippen molar-refractivity contribution in [2.24, 2.45) is 0 Å². The first kappa shape index (κ1) is 42.2. The maximum atomic E-state index is 2.55. The van der Waals surface area contributed by atoms with Crippen molar-refractivity contribution in [2.75, 3.05) is 9.80 Å². The second-order valence-corrected chi connectivity index (χ2v) is 19.8. The number of anilines is 6. The Kier molecular flexibility index (Phi) is 9.43. The van der Waals surface area contributed by atoms with Crippen LogP contribution in [0.5, 0.6) is 0 Å². The lowest BCUT2D eigenvalue weighted by Gasteiger charge is -2.38. The molecule has 74 heavy (non-hydrogen) atoms. The van der Waals surface area contributed by atoms with Crippen LogP contribution in [0, 0.1) is 0 Å². The van der Waals surface area contributed by atoms with Gasteiger partial charge in [0, 0.05) is 33.9 Å². The zero-order valence-electron chi connectivity index (χ0n) is 40.6. The van der Waals surface area contributed by atoms with Gasteiger partial charge in [-0.3, -0.25) is 0 Å². The van der Waals surface area contributed by atoms with E-state index in [-0.39, 0.29) is 0 Å². The van der Waals surface area contributed by atoms with Crippen LogP contribution < -0.4 is 9.80 Å². The summed E-state index contributed by atoms with van der Waals surface area (Å²) in [6.07, 6.45) is 0. The Bertz CT molecular complexity index is 4050. The maximum Gasteiger partial charge on any atom is 0.0747 e. The van der Waals surface area contributed by atoms with Gasteiger partial charge in [-0.1, -0.05) is 231 Å². The van der Waals surface area contributed by atoms with Crippen LogP contribution >= 0.6 is 0 Å². The van der Waals surface area contributed by atoms with E-state index in [4.69, 9.17) is 0 Å². The first-order valence-electron chi connectivity index (χ1n) is 25.8. The summed E-state index contributed by atoms with van der Waals surface area (Å²) < 4.78 is 0. The summed E-state index contributed by atoms with van der Waals surface area (Å²) in [5, 5.41) is 2.46. The molecule has 0 amide bonds. The summed E-state index contributed by atoms with van der Waals surface area (Å²) in [6.45, 7) is 0. The monoisotopic (exact) mass is 940 g/mol. The standard InChI is InChI=1S/C72H48N2/c1-6-26-50(27-7-1)71(51-28-8-2-9-29-51)62-41-21-19-38-58(62)60-40-24-44-66(69(60)71)74(54-34-14-5-15-35-54)55-45-46-59-57-37-18-22-42-63(57)72(65(59)48-55)64-43-23-20-39-61(64)68-56-36-17-16-25-49(56)47-67(70(68)72)73(52-30-10-3-11-31-52)53-32-12-4-13-33-53/h1-48H. The van der Waals surface area contributed by atoms with Gasteiger partial charge in [0.2, 0.25) is 0 Å². The van der Waals surface area contributed by atoms with Gasteiger partial charge < -0.3 is 9.80 Å². The lowest BCUT2D eigenvalue weighted by Crippen LogP contribution is -2.30. The lowest BCUT2D eigenvalue weighted by atomic mass is 9.67. The van der Waals surface area contributed by atoms with E-state index < -0.39 is 10.8 Å². The Labute approximate surface area is 432 Å². The number of hydrogen-bond acceptors (Lipinski definition) is 2. The highest BCUT2D eigenvalue weighted by Gasteiger charge is 2.55. The number of hydrogen-bond donors (Lipinski definition) is 0. The summed E-state index contributed by atoms with van der Waals surface area (Å²) in [6, 6.07) is 109. The van der Waals surface area contributed by atoms with Crippen LogP contribution in [0.15, 0.2) is 291 Å². The van der Waals surface area contributed by atoms with E-state index in [0.717, 1.165) is 34.1 Å². The minimum atomic E-state index is -0.704. The Hall–Kier alpha value is -9.50. The van der Waals surface area contributed by atoms with Crippen molar-refractivity contribution in [3.8, 4) is 33.4 Å². The molecule has 0 fully saturated rings. The molecule has 12 aromatic carbocycles. The number of para-hydroxylation sites is 3. The summed E-state index contributed by atoms with van der Waals surface area (Å²) in [4.78, 5) is 5.04. The van der Waals surface area contributed by atoms with E-state index >= 15 is 0 Å². The average molecular weight is 941 g/mol. The normalized spacial score (nSPS) is 14.9. The fourth-order valence-corrected chi connectivity index (χ4v) is 13.6. The Morgan fingerprint density at radius 1 is 0.243 bits per heavy atom. The molecule has 1 unspecified atom stereocenters. The molecule has 2 nitrogen and oxygen atoms in total. The van der Waals surface area contributed by atoms with Crippen molar-refractivity contribution in [1.29, 1.82) is 0 Å².